The van der Waals surface area contributed by atoms with Gasteiger partial charge in [-0.1, -0.05) is 12.1 Å². The first-order chi connectivity index (χ1) is 21.5. The quantitative estimate of drug-likeness (QED) is 0.169. The topological polar surface area (TPSA) is 142 Å². The molecule has 12 nitrogen and oxygen atoms in total. The predicted molar refractivity (Wildman–Crippen MR) is 158 cm³/mol. The molecule has 238 valence electrons. The molecule has 2 aromatic heterocycles. The van der Waals surface area contributed by atoms with Crippen LogP contribution in [0, 0.1) is 5.82 Å². The van der Waals surface area contributed by atoms with Crippen molar-refractivity contribution in [3.63, 3.8) is 0 Å². The number of benzene rings is 2. The summed E-state index contributed by atoms with van der Waals surface area (Å²) in [7, 11) is 1.58. The first-order valence-electron chi connectivity index (χ1n) is 13.9. The number of carbonyl (C=O) groups is 2. The number of nitrogen functional groups attached to an aromatic ring is 1. The van der Waals surface area contributed by atoms with Gasteiger partial charge in [-0.15, -0.1) is 0 Å². The van der Waals surface area contributed by atoms with Gasteiger partial charge >= 0.3 is 12.2 Å². The van der Waals surface area contributed by atoms with Gasteiger partial charge in [0, 0.05) is 63.6 Å². The third kappa shape index (κ3) is 6.91. The molecular weight excluding hydrogens is 598 g/mol. The molecule has 0 bridgehead atoms. The maximum atomic E-state index is 14.0. The number of alkyl halides is 3. The van der Waals surface area contributed by atoms with Crippen molar-refractivity contribution < 1.29 is 31.9 Å². The number of nitrogens with one attached hydrogen (secondary N) is 3. The number of hydrogen-bond donors (Lipinski definition) is 4. The van der Waals surface area contributed by atoms with E-state index in [2.05, 4.69) is 31.2 Å². The largest absolute Gasteiger partial charge is 0.416 e. The Morgan fingerprint density at radius 1 is 1.07 bits per heavy atom. The smallest absolute Gasteiger partial charge is 0.382 e. The molecule has 0 unspecified atom stereocenters. The Morgan fingerprint density at radius 3 is 2.42 bits per heavy atom. The number of fused-ring (bicyclic) bond motifs is 1. The Balaban J connectivity index is 1.36. The van der Waals surface area contributed by atoms with Crippen molar-refractivity contribution in [1.82, 2.24) is 29.8 Å². The lowest BCUT2D eigenvalue weighted by Gasteiger charge is -2.34. The minimum Gasteiger partial charge on any atom is -0.382 e. The highest BCUT2D eigenvalue weighted by Gasteiger charge is 2.31. The third-order valence-electron chi connectivity index (χ3n) is 7.48. The number of nitrogens with zero attached hydrogens (tertiary/aromatic N) is 5. The lowest BCUT2D eigenvalue weighted by atomic mass is 10.0. The summed E-state index contributed by atoms with van der Waals surface area (Å²) in [6.45, 7) is 4.95. The van der Waals surface area contributed by atoms with Gasteiger partial charge in [0.05, 0.1) is 23.6 Å². The molecule has 0 atom stereocenters. The van der Waals surface area contributed by atoms with Crippen molar-refractivity contribution in [2.24, 2.45) is 0 Å². The number of nitrogens with two attached hydrogens (primary N) is 1. The molecule has 45 heavy (non-hydrogen) atoms. The van der Waals surface area contributed by atoms with Crippen LogP contribution < -0.4 is 21.9 Å². The average molecular weight is 630 g/mol. The normalized spacial score (nSPS) is 14.0. The van der Waals surface area contributed by atoms with Gasteiger partial charge in [-0.05, 0) is 35.9 Å². The van der Waals surface area contributed by atoms with E-state index < -0.39 is 29.3 Å². The molecule has 5 N–H and O–H groups in total. The van der Waals surface area contributed by atoms with Crippen molar-refractivity contribution in [1.29, 1.82) is 0 Å². The van der Waals surface area contributed by atoms with E-state index in [0.717, 1.165) is 22.4 Å². The van der Waals surface area contributed by atoms with Crippen LogP contribution in [0.1, 0.15) is 23.7 Å². The molecule has 1 aliphatic heterocycles. The van der Waals surface area contributed by atoms with Gasteiger partial charge < -0.3 is 20.7 Å². The Labute approximate surface area is 255 Å². The number of carbonyl (C=O) groups excluding carboxylic acids is 2. The third-order valence-corrected chi connectivity index (χ3v) is 7.48. The van der Waals surface area contributed by atoms with Gasteiger partial charge in [0.25, 0.3) is 0 Å². The molecule has 4 aromatic rings. The Hall–Kier alpha value is -4.96. The molecule has 0 radical (unpaired) electrons. The fourth-order valence-corrected chi connectivity index (χ4v) is 5.23. The monoisotopic (exact) mass is 629 g/mol. The van der Waals surface area contributed by atoms with Crippen molar-refractivity contribution in [2.75, 3.05) is 49.8 Å². The summed E-state index contributed by atoms with van der Waals surface area (Å²) in [6.07, 6.45) is -3.29. The second kappa shape index (κ2) is 13.0. The number of hydrogen-bond acceptors (Lipinski definition) is 8. The number of urea groups is 1. The maximum Gasteiger partial charge on any atom is 0.416 e. The zero-order chi connectivity index (χ0) is 32.3. The molecular formula is C29H31F4N9O3. The van der Waals surface area contributed by atoms with Crippen LogP contribution in [0.5, 0.6) is 0 Å². The Morgan fingerprint density at radius 2 is 1.78 bits per heavy atom. The molecule has 16 heteroatoms. The molecule has 1 saturated heterocycles. The summed E-state index contributed by atoms with van der Waals surface area (Å²) < 4.78 is 60.3. The van der Waals surface area contributed by atoms with E-state index in [1.807, 2.05) is 4.90 Å². The van der Waals surface area contributed by atoms with Crippen LogP contribution in [0.2, 0.25) is 0 Å². The van der Waals surface area contributed by atoms with Crippen molar-refractivity contribution in [3.8, 4) is 11.1 Å². The van der Waals surface area contributed by atoms with Gasteiger partial charge in [0.15, 0.2) is 5.82 Å². The number of methoxy groups -OCH3 is 1. The van der Waals surface area contributed by atoms with Gasteiger partial charge in [-0.25, -0.2) is 18.7 Å². The number of anilines is 3. The summed E-state index contributed by atoms with van der Waals surface area (Å²) in [4.78, 5) is 32.5. The van der Waals surface area contributed by atoms with E-state index >= 15 is 0 Å². The summed E-state index contributed by atoms with van der Waals surface area (Å²) in [6, 6.07) is 7.75. The van der Waals surface area contributed by atoms with Crippen LogP contribution in [0.4, 0.5) is 39.5 Å². The summed E-state index contributed by atoms with van der Waals surface area (Å²) >= 11 is 0. The average Bonchev–Trinajstić information content (AvgIpc) is 3.30. The van der Waals surface area contributed by atoms with Crippen LogP contribution in [-0.4, -0.2) is 69.6 Å². The SMILES string of the molecule is COCc1c(-c2ccc(NC(=O)NNc3cc(C(F)(F)F)ccc3F)cc2)c2c(N)ncnn2c1CN1CCN(C(C)=O)CC1. The Bertz CT molecular complexity index is 1700. The van der Waals surface area contributed by atoms with E-state index in [9.17, 15) is 27.2 Å². The lowest BCUT2D eigenvalue weighted by molar-refractivity contribution is -0.137. The van der Waals surface area contributed by atoms with Gasteiger partial charge in [-0.3, -0.25) is 20.5 Å². The molecule has 5 rings (SSSR count). The van der Waals surface area contributed by atoms with Crippen molar-refractivity contribution in [3.05, 3.63) is 71.4 Å². The highest BCUT2D eigenvalue weighted by molar-refractivity contribution is 5.93. The summed E-state index contributed by atoms with van der Waals surface area (Å²) in [5.41, 5.74) is 13.2. The number of hydrazine groups is 1. The van der Waals surface area contributed by atoms with E-state index in [1.165, 1.54) is 6.33 Å². The maximum absolute atomic E-state index is 14.0. The molecule has 1 aliphatic rings. The zero-order valence-electron chi connectivity index (χ0n) is 24.4. The number of rotatable bonds is 8. The van der Waals surface area contributed by atoms with Crippen LogP contribution in [-0.2, 0) is 28.9 Å². The van der Waals surface area contributed by atoms with Crippen molar-refractivity contribution >= 4 is 34.6 Å². The van der Waals surface area contributed by atoms with Crippen LogP contribution >= 0.6 is 0 Å². The number of piperazine rings is 1. The lowest BCUT2D eigenvalue weighted by Crippen LogP contribution is -2.47. The van der Waals surface area contributed by atoms with Gasteiger partial charge in [-0.2, -0.15) is 18.3 Å². The number of aromatic nitrogens is 3. The highest BCUT2D eigenvalue weighted by atomic mass is 19.4. The summed E-state index contributed by atoms with van der Waals surface area (Å²) in [5, 5.41) is 7.03. The van der Waals surface area contributed by atoms with Crippen LogP contribution in [0.15, 0.2) is 48.8 Å². The molecule has 0 saturated carbocycles. The molecule has 0 spiro atoms. The van der Waals surface area contributed by atoms with E-state index in [0.29, 0.717) is 62.1 Å². The highest BCUT2D eigenvalue weighted by Crippen LogP contribution is 2.37. The molecule has 2 aromatic carbocycles. The summed E-state index contributed by atoms with van der Waals surface area (Å²) in [5.74, 6) is -0.665. The van der Waals surface area contributed by atoms with Gasteiger partial charge in [0.1, 0.15) is 17.7 Å². The van der Waals surface area contributed by atoms with E-state index in [1.54, 1.807) is 42.8 Å². The molecule has 3 amide bonds. The fourth-order valence-electron chi connectivity index (χ4n) is 5.23. The van der Waals surface area contributed by atoms with Crippen LogP contribution in [0.25, 0.3) is 16.6 Å². The first-order valence-corrected chi connectivity index (χ1v) is 13.9. The first kappa shape index (κ1) is 31.5. The van der Waals surface area contributed by atoms with Gasteiger partial charge in [0.2, 0.25) is 5.91 Å². The zero-order valence-corrected chi connectivity index (χ0v) is 24.4. The van der Waals surface area contributed by atoms with E-state index in [4.69, 9.17) is 10.5 Å². The number of ether oxygens (including phenoxy) is 1. The number of halogens is 4. The fraction of sp³-hybridized carbons (Fsp3) is 0.310. The van der Waals surface area contributed by atoms with E-state index in [-0.39, 0.29) is 18.3 Å². The molecule has 0 aliphatic carbocycles. The van der Waals surface area contributed by atoms with Crippen LogP contribution in [0.3, 0.4) is 0 Å². The Kier molecular flexibility index (Phi) is 9.06. The standard InChI is InChI=1S/C29H31F4N9O3/c1-17(43)41-11-9-40(10-12-41)14-24-21(15-45-2)25(26-27(34)35-16-36-42(24)26)18-3-6-20(7-4-18)37-28(44)39-38-23-13-19(29(31,32)33)5-8-22(23)30/h3-8,13,16,38H,9-12,14-15H2,1-2H3,(H2,34,35,36)(H2,37,39,44). The predicted octanol–water partition coefficient (Wildman–Crippen LogP) is 4.10. The molecule has 3 heterocycles. The second-order valence-corrected chi connectivity index (χ2v) is 10.4. The number of amides is 3. The minimum atomic E-state index is -4.67. The van der Waals surface area contributed by atoms with Crippen molar-refractivity contribution in [2.45, 2.75) is 26.3 Å². The second-order valence-electron chi connectivity index (χ2n) is 10.4. The minimum absolute atomic E-state index is 0.0435. The molecule has 1 fully saturated rings.